The fraction of sp³-hybridized carbons (Fsp3) is 0.708. The largest absolute Gasteiger partial charge is 0.449 e. The number of carbonyl (C=O) groups is 3. The summed E-state index contributed by atoms with van der Waals surface area (Å²) in [6, 6.07) is 0. The van der Waals surface area contributed by atoms with Gasteiger partial charge in [-0.3, -0.25) is 14.4 Å². The molecule has 6 nitrogen and oxygen atoms in total. The van der Waals surface area contributed by atoms with Crippen LogP contribution in [-0.2, 0) is 23.9 Å². The second-order valence-corrected chi connectivity index (χ2v) is 11.1. The first kappa shape index (κ1) is 21.4. The maximum absolute atomic E-state index is 13.3. The molecule has 31 heavy (non-hydrogen) atoms. The molecule has 4 aliphatic carbocycles. The second kappa shape index (κ2) is 6.78. The van der Waals surface area contributed by atoms with Crippen molar-refractivity contribution in [3.05, 3.63) is 23.8 Å². The zero-order chi connectivity index (χ0) is 22.2. The molecule has 1 heterocycles. The Morgan fingerprint density at radius 3 is 2.77 bits per heavy atom. The van der Waals surface area contributed by atoms with Crippen LogP contribution in [0.3, 0.4) is 0 Å². The van der Waals surface area contributed by atoms with Crippen molar-refractivity contribution in [1.82, 2.24) is 0 Å². The van der Waals surface area contributed by atoms with Crippen molar-refractivity contribution in [3.63, 3.8) is 0 Å². The third kappa shape index (κ3) is 2.51. The van der Waals surface area contributed by atoms with E-state index in [-0.39, 0.29) is 58.2 Å². The van der Waals surface area contributed by atoms with Crippen LogP contribution >= 0.6 is 11.8 Å². The molecule has 7 atom stereocenters. The molecule has 5 aliphatic rings. The predicted molar refractivity (Wildman–Crippen MR) is 115 cm³/mol. The van der Waals surface area contributed by atoms with E-state index in [9.17, 15) is 19.5 Å². The van der Waals surface area contributed by atoms with Crippen LogP contribution in [0.1, 0.15) is 59.3 Å². The molecule has 1 N–H and O–H groups in total. The molecule has 0 aromatic rings. The highest BCUT2D eigenvalue weighted by Gasteiger charge is 2.82. The highest BCUT2D eigenvalue weighted by molar-refractivity contribution is 8.13. The van der Waals surface area contributed by atoms with E-state index in [1.54, 1.807) is 19.1 Å². The summed E-state index contributed by atoms with van der Waals surface area (Å²) in [6.45, 7) is 6.00. The van der Waals surface area contributed by atoms with Gasteiger partial charge in [-0.05, 0) is 63.0 Å². The number of hydrogen-bond donors (Lipinski definition) is 1. The number of ether oxygens (including phenoxy) is 2. The highest BCUT2D eigenvalue weighted by atomic mass is 32.2. The molecule has 0 aromatic heterocycles. The van der Waals surface area contributed by atoms with E-state index in [0.29, 0.717) is 12.8 Å². The Morgan fingerprint density at radius 1 is 1.29 bits per heavy atom. The Hall–Kier alpha value is -1.44. The van der Waals surface area contributed by atoms with Crippen molar-refractivity contribution >= 4 is 28.6 Å². The lowest BCUT2D eigenvalue weighted by molar-refractivity contribution is -0.182. The molecule has 168 valence electrons. The molecule has 1 aliphatic heterocycles. The van der Waals surface area contributed by atoms with Gasteiger partial charge in [0.15, 0.2) is 11.4 Å². The molecule has 0 amide bonds. The normalized spacial score (nSPS) is 46.9. The number of aliphatic hydroxyl groups is 1. The molecule has 0 aromatic carbocycles. The fourth-order valence-corrected chi connectivity index (χ4v) is 8.35. The fourth-order valence-electron chi connectivity index (χ4n) is 7.62. The quantitative estimate of drug-likeness (QED) is 0.402. The van der Waals surface area contributed by atoms with Crippen molar-refractivity contribution in [2.45, 2.75) is 76.6 Å². The van der Waals surface area contributed by atoms with Crippen molar-refractivity contribution < 1.29 is 29.0 Å². The van der Waals surface area contributed by atoms with E-state index < -0.39 is 11.0 Å². The van der Waals surface area contributed by atoms with Crippen LogP contribution in [0.4, 0.5) is 0 Å². The van der Waals surface area contributed by atoms with E-state index in [2.05, 4.69) is 13.8 Å². The second-order valence-electron chi connectivity index (χ2n) is 10.1. The van der Waals surface area contributed by atoms with Crippen molar-refractivity contribution in [2.24, 2.45) is 22.7 Å². The lowest BCUT2D eigenvalue weighted by Crippen LogP contribution is -2.61. The van der Waals surface area contributed by atoms with E-state index in [1.807, 2.05) is 6.08 Å². The summed E-state index contributed by atoms with van der Waals surface area (Å²) in [5.41, 5.74) is -1.29. The first-order chi connectivity index (χ1) is 14.7. The number of epoxide rings is 1. The van der Waals surface area contributed by atoms with Gasteiger partial charge in [-0.15, -0.1) is 0 Å². The van der Waals surface area contributed by atoms with E-state index >= 15 is 0 Å². The molecular formula is C24H30O6S. The van der Waals surface area contributed by atoms with E-state index in [1.165, 1.54) is 0 Å². The van der Waals surface area contributed by atoms with Gasteiger partial charge < -0.3 is 14.6 Å². The summed E-state index contributed by atoms with van der Waals surface area (Å²) in [5.74, 6) is -0.271. The van der Waals surface area contributed by atoms with Crippen molar-refractivity contribution in [1.29, 1.82) is 0 Å². The summed E-state index contributed by atoms with van der Waals surface area (Å²) in [4.78, 5) is 37.7. The SMILES string of the molecule is CCC(=O)O[C@]1(C(=O)SCO)CC[C@H]2[C@@H]3CCC4=CC(=O)C=C[C@]4(C)[C@@]34O[C@H]4C[C@@]21C. The number of allylic oxidation sites excluding steroid dienone is 2. The summed E-state index contributed by atoms with van der Waals surface area (Å²) >= 11 is 0.835. The van der Waals surface area contributed by atoms with Crippen LogP contribution in [0.5, 0.6) is 0 Å². The molecule has 3 saturated carbocycles. The van der Waals surface area contributed by atoms with Gasteiger partial charge in [0, 0.05) is 17.3 Å². The molecule has 0 radical (unpaired) electrons. The van der Waals surface area contributed by atoms with Gasteiger partial charge in [-0.25, -0.2) is 0 Å². The lowest BCUT2D eigenvalue weighted by Gasteiger charge is -2.55. The molecule has 7 heteroatoms. The van der Waals surface area contributed by atoms with Crippen LogP contribution in [0.25, 0.3) is 0 Å². The number of rotatable bonds is 4. The van der Waals surface area contributed by atoms with Crippen LogP contribution in [0.15, 0.2) is 23.8 Å². The highest BCUT2D eigenvalue weighted by Crippen LogP contribution is 2.76. The monoisotopic (exact) mass is 446 g/mol. The molecule has 5 rings (SSSR count). The van der Waals surface area contributed by atoms with E-state index in [4.69, 9.17) is 9.47 Å². The third-order valence-corrected chi connectivity index (χ3v) is 9.88. The summed E-state index contributed by atoms with van der Waals surface area (Å²) < 4.78 is 12.5. The number of fused-ring (bicyclic) bond motifs is 3. The number of hydrogen-bond acceptors (Lipinski definition) is 7. The van der Waals surface area contributed by atoms with Crippen LogP contribution in [0, 0.1) is 22.7 Å². The van der Waals surface area contributed by atoms with Crippen molar-refractivity contribution in [2.75, 3.05) is 5.94 Å². The minimum atomic E-state index is -1.23. The first-order valence-electron chi connectivity index (χ1n) is 11.3. The first-order valence-corrected chi connectivity index (χ1v) is 12.3. The van der Waals surface area contributed by atoms with Gasteiger partial charge in [-0.1, -0.05) is 37.3 Å². The third-order valence-electron chi connectivity index (χ3n) is 9.16. The number of ketones is 1. The zero-order valence-electron chi connectivity index (χ0n) is 18.3. The Morgan fingerprint density at radius 2 is 2.06 bits per heavy atom. The Bertz CT molecular complexity index is 925. The maximum atomic E-state index is 13.3. The Labute approximate surface area is 186 Å². The van der Waals surface area contributed by atoms with Gasteiger partial charge in [0.25, 0.3) is 0 Å². The average Bonchev–Trinajstić information content (AvgIpc) is 3.38. The molecule has 1 saturated heterocycles. The number of thioether (sulfide) groups is 1. The molecule has 1 spiro atoms. The van der Waals surface area contributed by atoms with Gasteiger partial charge in [0.1, 0.15) is 5.60 Å². The smallest absolute Gasteiger partial charge is 0.306 e. The number of aliphatic hydroxyl groups excluding tert-OH is 1. The van der Waals surface area contributed by atoms with E-state index in [0.717, 1.165) is 36.6 Å². The average molecular weight is 447 g/mol. The summed E-state index contributed by atoms with van der Waals surface area (Å²) in [7, 11) is 0. The minimum absolute atomic E-state index is 0.0400. The standard InChI is InChI=1S/C24H30O6S/c1-4-19(27)30-23(20(28)31-13-25)10-8-16-17-6-5-14-11-15(26)7-9-21(14,2)24(17)18(29-24)12-22(16,23)3/h7,9,11,16-18,25H,4-6,8,10,12-13H2,1-3H3/t16-,17-,18-,21-,22-,23-,24+/m0/s1. The summed E-state index contributed by atoms with van der Waals surface area (Å²) in [5, 5.41) is 9.20. The maximum Gasteiger partial charge on any atom is 0.306 e. The number of esters is 1. The van der Waals surface area contributed by atoms with Crippen LogP contribution < -0.4 is 0 Å². The van der Waals surface area contributed by atoms with Crippen LogP contribution in [-0.4, -0.2) is 45.2 Å². The van der Waals surface area contributed by atoms with Crippen molar-refractivity contribution in [3.8, 4) is 0 Å². The van der Waals surface area contributed by atoms with Gasteiger partial charge in [-0.2, -0.15) is 0 Å². The van der Waals surface area contributed by atoms with Gasteiger partial charge >= 0.3 is 5.97 Å². The molecule has 0 bridgehead atoms. The van der Waals surface area contributed by atoms with Gasteiger partial charge in [0.05, 0.1) is 12.0 Å². The summed E-state index contributed by atoms with van der Waals surface area (Å²) in [6.07, 6.45) is 9.27. The molecule has 4 fully saturated rings. The molecule has 0 unspecified atom stereocenters. The number of carbonyl (C=O) groups excluding carboxylic acids is 3. The van der Waals surface area contributed by atoms with Crippen LogP contribution in [0.2, 0.25) is 0 Å². The predicted octanol–water partition coefficient (Wildman–Crippen LogP) is 3.33. The lowest BCUT2D eigenvalue weighted by atomic mass is 9.47. The van der Waals surface area contributed by atoms with Gasteiger partial charge in [0.2, 0.25) is 5.12 Å². The topological polar surface area (TPSA) is 93.2 Å². The Balaban J connectivity index is 1.56. The molecular weight excluding hydrogens is 416 g/mol. The zero-order valence-corrected chi connectivity index (χ0v) is 19.1. The minimum Gasteiger partial charge on any atom is -0.449 e. The Kier molecular flexibility index (Phi) is 4.68.